The molecule has 1 saturated heterocycles. The number of ether oxygens (including phenoxy) is 1. The molecular weight excluding hydrogens is 270 g/mol. The smallest absolute Gasteiger partial charge is 0.290 e. The van der Waals surface area contributed by atoms with Gasteiger partial charge in [-0.05, 0) is 18.9 Å². The number of amides is 1. The third-order valence-electron chi connectivity index (χ3n) is 4.30. The Kier molecular flexibility index (Phi) is 2.85. The van der Waals surface area contributed by atoms with E-state index in [1.165, 1.54) is 5.56 Å². The van der Waals surface area contributed by atoms with Crippen molar-refractivity contribution in [2.75, 3.05) is 26.3 Å². The van der Waals surface area contributed by atoms with Crippen LogP contribution in [0, 0.1) is 6.92 Å². The summed E-state index contributed by atoms with van der Waals surface area (Å²) in [6.07, 6.45) is 3.57. The summed E-state index contributed by atoms with van der Waals surface area (Å²) >= 11 is 0. The van der Waals surface area contributed by atoms with Crippen LogP contribution in [-0.4, -0.2) is 47.3 Å². The van der Waals surface area contributed by atoms with Crippen LogP contribution in [0.25, 0.3) is 11.3 Å². The zero-order valence-corrected chi connectivity index (χ0v) is 11.9. The SMILES string of the molecule is Cc1c(C(=O)N2CCOCC2)oc2c1-c1[nH]ncc1CC2. The van der Waals surface area contributed by atoms with Crippen molar-refractivity contribution >= 4 is 5.91 Å². The van der Waals surface area contributed by atoms with Gasteiger partial charge in [-0.15, -0.1) is 0 Å². The number of aromatic amines is 1. The number of carbonyl (C=O) groups excluding carboxylic acids is 1. The van der Waals surface area contributed by atoms with Crippen LogP contribution in [0.1, 0.15) is 27.4 Å². The number of hydrogen-bond acceptors (Lipinski definition) is 4. The number of nitrogens with zero attached hydrogens (tertiary/aromatic N) is 2. The van der Waals surface area contributed by atoms with Crippen molar-refractivity contribution in [1.29, 1.82) is 0 Å². The van der Waals surface area contributed by atoms with Crippen molar-refractivity contribution in [2.24, 2.45) is 0 Å². The summed E-state index contributed by atoms with van der Waals surface area (Å²) < 4.78 is 11.2. The van der Waals surface area contributed by atoms with Crippen LogP contribution in [0.3, 0.4) is 0 Å². The van der Waals surface area contributed by atoms with Gasteiger partial charge in [0.15, 0.2) is 5.76 Å². The third-order valence-corrected chi connectivity index (χ3v) is 4.30. The van der Waals surface area contributed by atoms with Crippen LogP contribution in [0.5, 0.6) is 0 Å². The van der Waals surface area contributed by atoms with Gasteiger partial charge in [-0.25, -0.2) is 0 Å². The summed E-state index contributed by atoms with van der Waals surface area (Å²) in [5.41, 5.74) is 4.12. The molecule has 2 aliphatic rings. The summed E-state index contributed by atoms with van der Waals surface area (Å²) in [6, 6.07) is 0. The van der Waals surface area contributed by atoms with E-state index in [0.717, 1.165) is 35.4 Å². The molecule has 1 N–H and O–H groups in total. The number of carbonyl (C=O) groups is 1. The number of aryl methyl sites for hydroxylation is 2. The molecule has 0 spiro atoms. The van der Waals surface area contributed by atoms with Crippen LogP contribution in [-0.2, 0) is 17.6 Å². The molecule has 6 heteroatoms. The van der Waals surface area contributed by atoms with Crippen molar-refractivity contribution in [2.45, 2.75) is 19.8 Å². The van der Waals surface area contributed by atoms with E-state index >= 15 is 0 Å². The Bertz CT molecular complexity index is 695. The highest BCUT2D eigenvalue weighted by Crippen LogP contribution is 2.38. The first kappa shape index (κ1) is 12.6. The molecule has 0 aromatic carbocycles. The molecule has 0 saturated carbocycles. The van der Waals surface area contributed by atoms with Gasteiger partial charge in [-0.2, -0.15) is 5.10 Å². The molecule has 110 valence electrons. The molecular formula is C15H17N3O3. The first-order valence-corrected chi connectivity index (χ1v) is 7.27. The Morgan fingerprint density at radius 1 is 1.33 bits per heavy atom. The molecule has 2 aromatic rings. The number of nitrogens with one attached hydrogen (secondary N) is 1. The second-order valence-electron chi connectivity index (χ2n) is 5.53. The number of hydrogen-bond donors (Lipinski definition) is 1. The van der Waals surface area contributed by atoms with E-state index in [1.54, 1.807) is 4.90 Å². The van der Waals surface area contributed by atoms with E-state index in [0.29, 0.717) is 32.1 Å². The van der Waals surface area contributed by atoms with Crippen molar-refractivity contribution in [3.63, 3.8) is 0 Å². The molecule has 0 unspecified atom stereocenters. The Labute approximate surface area is 122 Å². The second kappa shape index (κ2) is 4.73. The van der Waals surface area contributed by atoms with Gasteiger partial charge in [-0.1, -0.05) is 0 Å². The molecule has 3 heterocycles. The molecule has 6 nitrogen and oxygen atoms in total. The predicted molar refractivity (Wildman–Crippen MR) is 75.2 cm³/mol. The van der Waals surface area contributed by atoms with Crippen LogP contribution >= 0.6 is 0 Å². The average Bonchev–Trinajstić information content (AvgIpc) is 3.11. The van der Waals surface area contributed by atoms with Gasteiger partial charge in [-0.3, -0.25) is 9.89 Å². The normalized spacial score (nSPS) is 17.5. The summed E-state index contributed by atoms with van der Waals surface area (Å²) in [7, 11) is 0. The fourth-order valence-electron chi connectivity index (χ4n) is 3.16. The maximum atomic E-state index is 12.6. The minimum absolute atomic E-state index is 0.0359. The maximum Gasteiger partial charge on any atom is 0.290 e. The lowest BCUT2D eigenvalue weighted by atomic mass is 9.93. The van der Waals surface area contributed by atoms with Gasteiger partial charge in [0.1, 0.15) is 5.76 Å². The molecule has 1 fully saturated rings. The fourth-order valence-corrected chi connectivity index (χ4v) is 3.16. The van der Waals surface area contributed by atoms with Gasteiger partial charge in [0.05, 0.1) is 25.1 Å². The van der Waals surface area contributed by atoms with Crippen molar-refractivity contribution < 1.29 is 13.9 Å². The van der Waals surface area contributed by atoms with Crippen molar-refractivity contribution in [3.8, 4) is 11.3 Å². The number of aromatic nitrogens is 2. The highest BCUT2D eigenvalue weighted by atomic mass is 16.5. The quantitative estimate of drug-likeness (QED) is 0.864. The molecule has 4 rings (SSSR count). The van der Waals surface area contributed by atoms with Gasteiger partial charge in [0, 0.05) is 30.6 Å². The zero-order valence-electron chi connectivity index (χ0n) is 11.9. The molecule has 1 amide bonds. The zero-order chi connectivity index (χ0) is 14.4. The predicted octanol–water partition coefficient (Wildman–Crippen LogP) is 1.55. The van der Waals surface area contributed by atoms with Gasteiger partial charge >= 0.3 is 0 Å². The molecule has 0 radical (unpaired) electrons. The topological polar surface area (TPSA) is 71.4 Å². The lowest BCUT2D eigenvalue weighted by molar-refractivity contribution is 0.0281. The minimum atomic E-state index is -0.0359. The Morgan fingerprint density at radius 3 is 2.95 bits per heavy atom. The van der Waals surface area contributed by atoms with Crippen molar-refractivity contribution in [1.82, 2.24) is 15.1 Å². The summed E-state index contributed by atoms with van der Waals surface area (Å²) in [5.74, 6) is 1.32. The van der Waals surface area contributed by atoms with Crippen LogP contribution in [0.15, 0.2) is 10.6 Å². The summed E-state index contributed by atoms with van der Waals surface area (Å²) in [6.45, 7) is 4.38. The Hall–Kier alpha value is -2.08. The first-order valence-electron chi connectivity index (χ1n) is 7.27. The first-order chi connectivity index (χ1) is 10.3. The highest BCUT2D eigenvalue weighted by molar-refractivity contribution is 5.95. The van der Waals surface area contributed by atoms with E-state index in [1.807, 2.05) is 13.1 Å². The van der Waals surface area contributed by atoms with E-state index in [9.17, 15) is 4.79 Å². The maximum absolute atomic E-state index is 12.6. The molecule has 21 heavy (non-hydrogen) atoms. The van der Waals surface area contributed by atoms with E-state index in [2.05, 4.69) is 10.2 Å². The molecule has 1 aliphatic carbocycles. The lowest BCUT2D eigenvalue weighted by Gasteiger charge is -2.26. The van der Waals surface area contributed by atoms with Gasteiger partial charge < -0.3 is 14.1 Å². The van der Waals surface area contributed by atoms with Crippen LogP contribution in [0.4, 0.5) is 0 Å². The van der Waals surface area contributed by atoms with E-state index in [4.69, 9.17) is 9.15 Å². The van der Waals surface area contributed by atoms with Crippen molar-refractivity contribution in [3.05, 3.63) is 28.8 Å². The fraction of sp³-hybridized carbons (Fsp3) is 0.467. The monoisotopic (exact) mass is 287 g/mol. The number of H-pyrrole nitrogens is 1. The standard InChI is InChI=1S/C15H17N3O3/c1-9-12-11(3-2-10-8-16-17-13(10)12)21-14(9)15(19)18-4-6-20-7-5-18/h8H,2-7H2,1H3,(H,16,17). The summed E-state index contributed by atoms with van der Waals surface area (Å²) in [5, 5.41) is 7.14. The number of morpholine rings is 1. The van der Waals surface area contributed by atoms with Crippen LogP contribution < -0.4 is 0 Å². The third kappa shape index (κ3) is 1.90. The second-order valence-corrected chi connectivity index (χ2v) is 5.53. The Morgan fingerprint density at radius 2 is 2.14 bits per heavy atom. The van der Waals surface area contributed by atoms with E-state index in [-0.39, 0.29) is 5.91 Å². The molecule has 0 atom stereocenters. The lowest BCUT2D eigenvalue weighted by Crippen LogP contribution is -2.40. The average molecular weight is 287 g/mol. The largest absolute Gasteiger partial charge is 0.455 e. The van der Waals surface area contributed by atoms with E-state index < -0.39 is 0 Å². The Balaban J connectivity index is 1.74. The number of fused-ring (bicyclic) bond motifs is 3. The van der Waals surface area contributed by atoms with Crippen LogP contribution in [0.2, 0.25) is 0 Å². The van der Waals surface area contributed by atoms with Gasteiger partial charge in [0.2, 0.25) is 0 Å². The minimum Gasteiger partial charge on any atom is -0.455 e. The molecule has 1 aliphatic heterocycles. The number of rotatable bonds is 1. The number of furan rings is 1. The summed E-state index contributed by atoms with van der Waals surface area (Å²) in [4.78, 5) is 14.4. The molecule has 0 bridgehead atoms. The highest BCUT2D eigenvalue weighted by Gasteiger charge is 2.30. The van der Waals surface area contributed by atoms with Gasteiger partial charge in [0.25, 0.3) is 5.91 Å². The molecule has 2 aromatic heterocycles.